The molecule has 1 N–H and O–H groups in total. The summed E-state index contributed by atoms with van der Waals surface area (Å²) < 4.78 is 0. The highest BCUT2D eigenvalue weighted by atomic mass is 32.1. The summed E-state index contributed by atoms with van der Waals surface area (Å²) in [5, 5.41) is 2.01. The first-order valence-corrected chi connectivity index (χ1v) is 6.86. The maximum Gasteiger partial charge on any atom is 0.258 e. The molecule has 0 unspecified atom stereocenters. The second-order valence-electron chi connectivity index (χ2n) is 4.31. The van der Waals surface area contributed by atoms with Crippen molar-refractivity contribution in [3.63, 3.8) is 0 Å². The van der Waals surface area contributed by atoms with Gasteiger partial charge in [-0.25, -0.2) is 5.01 Å². The third-order valence-corrected chi connectivity index (χ3v) is 3.75. The molecule has 0 aliphatic carbocycles. The van der Waals surface area contributed by atoms with Gasteiger partial charge in [0.25, 0.3) is 5.91 Å². The van der Waals surface area contributed by atoms with E-state index in [9.17, 15) is 4.79 Å². The molecular weight excluding hydrogens is 232 g/mol. The Morgan fingerprint density at radius 1 is 1.35 bits per heavy atom. The lowest BCUT2D eigenvalue weighted by molar-refractivity contribution is -0.121. The zero-order valence-corrected chi connectivity index (χ0v) is 10.9. The van der Waals surface area contributed by atoms with Crippen molar-refractivity contribution in [2.24, 2.45) is 0 Å². The molecule has 4 heteroatoms. The van der Waals surface area contributed by atoms with Gasteiger partial charge in [-0.2, -0.15) is 0 Å². The number of rotatable bonds is 3. The minimum atomic E-state index is -0.0297. The average molecular weight is 250 g/mol. The number of nitrogens with zero attached hydrogens (tertiary/aromatic N) is 1. The van der Waals surface area contributed by atoms with E-state index in [0.29, 0.717) is 0 Å². The molecule has 1 aromatic heterocycles. The fourth-order valence-corrected chi connectivity index (χ4v) is 2.68. The molecule has 2 heterocycles. The Balaban J connectivity index is 1.82. The van der Waals surface area contributed by atoms with Crippen molar-refractivity contribution in [1.82, 2.24) is 10.4 Å². The highest BCUT2D eigenvalue weighted by Crippen LogP contribution is 2.16. The third-order valence-electron chi connectivity index (χ3n) is 2.78. The first kappa shape index (κ1) is 12.3. The molecule has 0 saturated carbocycles. The van der Waals surface area contributed by atoms with E-state index in [2.05, 4.69) is 18.4 Å². The number of amides is 1. The van der Waals surface area contributed by atoms with Crippen molar-refractivity contribution in [2.45, 2.75) is 26.2 Å². The van der Waals surface area contributed by atoms with E-state index in [1.165, 1.54) is 24.1 Å². The Morgan fingerprint density at radius 2 is 2.12 bits per heavy atom. The van der Waals surface area contributed by atoms with Gasteiger partial charge in [-0.05, 0) is 38.0 Å². The Kier molecular flexibility index (Phi) is 4.34. The topological polar surface area (TPSA) is 32.3 Å². The van der Waals surface area contributed by atoms with Crippen molar-refractivity contribution < 1.29 is 4.79 Å². The van der Waals surface area contributed by atoms with E-state index >= 15 is 0 Å². The van der Waals surface area contributed by atoms with Gasteiger partial charge in [0.2, 0.25) is 0 Å². The number of hydrogen-bond acceptors (Lipinski definition) is 3. The average Bonchev–Trinajstić information content (AvgIpc) is 2.74. The Labute approximate surface area is 106 Å². The number of carbonyl (C=O) groups excluding carboxylic acids is 1. The fraction of sp³-hybridized carbons (Fsp3) is 0.462. The van der Waals surface area contributed by atoms with Crippen molar-refractivity contribution in [3.05, 3.63) is 28.0 Å². The zero-order valence-electron chi connectivity index (χ0n) is 10.1. The van der Waals surface area contributed by atoms with Crippen LogP contribution in [-0.2, 0) is 4.79 Å². The van der Waals surface area contributed by atoms with Crippen molar-refractivity contribution in [1.29, 1.82) is 0 Å². The molecule has 0 aromatic carbocycles. The van der Waals surface area contributed by atoms with Gasteiger partial charge in [-0.15, -0.1) is 11.3 Å². The molecule has 0 atom stereocenters. The van der Waals surface area contributed by atoms with Crippen LogP contribution in [-0.4, -0.2) is 24.0 Å². The van der Waals surface area contributed by atoms with E-state index in [1.54, 1.807) is 17.4 Å². The van der Waals surface area contributed by atoms with Gasteiger partial charge < -0.3 is 0 Å². The quantitative estimate of drug-likeness (QED) is 0.836. The highest BCUT2D eigenvalue weighted by molar-refractivity contribution is 7.12. The highest BCUT2D eigenvalue weighted by Gasteiger charge is 2.10. The van der Waals surface area contributed by atoms with Gasteiger partial charge in [0.15, 0.2) is 0 Å². The molecule has 1 aliphatic rings. The summed E-state index contributed by atoms with van der Waals surface area (Å²) in [7, 11) is 0. The molecule has 92 valence electrons. The molecule has 0 spiro atoms. The number of carbonyl (C=O) groups is 1. The minimum absolute atomic E-state index is 0.0297. The van der Waals surface area contributed by atoms with E-state index in [0.717, 1.165) is 18.0 Å². The molecule has 1 aliphatic heterocycles. The Bertz CT molecular complexity index is 405. The number of hydrogen-bond donors (Lipinski definition) is 1. The van der Waals surface area contributed by atoms with Crippen LogP contribution in [0.5, 0.6) is 0 Å². The summed E-state index contributed by atoms with van der Waals surface area (Å²) >= 11 is 1.70. The number of thiophene rings is 1. The smallest absolute Gasteiger partial charge is 0.258 e. The number of hydrazine groups is 1. The van der Waals surface area contributed by atoms with Crippen LogP contribution in [0.25, 0.3) is 6.08 Å². The van der Waals surface area contributed by atoms with Crippen molar-refractivity contribution in [2.75, 3.05) is 13.1 Å². The predicted octanol–water partition coefficient (Wildman–Crippen LogP) is 2.59. The van der Waals surface area contributed by atoms with Crippen LogP contribution < -0.4 is 5.43 Å². The Hall–Kier alpha value is -1.13. The first-order valence-electron chi connectivity index (χ1n) is 6.04. The van der Waals surface area contributed by atoms with Crippen LogP contribution in [0, 0.1) is 6.92 Å². The lowest BCUT2D eigenvalue weighted by Crippen LogP contribution is -2.44. The van der Waals surface area contributed by atoms with Gasteiger partial charge in [-0.3, -0.25) is 10.2 Å². The van der Waals surface area contributed by atoms with E-state index < -0.39 is 0 Å². The Morgan fingerprint density at radius 3 is 2.76 bits per heavy atom. The second kappa shape index (κ2) is 5.98. The maximum atomic E-state index is 11.7. The third kappa shape index (κ3) is 3.98. The van der Waals surface area contributed by atoms with Gasteiger partial charge in [0, 0.05) is 28.9 Å². The van der Waals surface area contributed by atoms with Crippen LogP contribution >= 0.6 is 11.3 Å². The van der Waals surface area contributed by atoms with Crippen LogP contribution in [0.2, 0.25) is 0 Å². The summed E-state index contributed by atoms with van der Waals surface area (Å²) in [5.41, 5.74) is 2.91. The van der Waals surface area contributed by atoms with Gasteiger partial charge in [0.1, 0.15) is 0 Å². The van der Waals surface area contributed by atoms with Crippen LogP contribution in [0.4, 0.5) is 0 Å². The molecule has 17 heavy (non-hydrogen) atoms. The molecule has 3 nitrogen and oxygen atoms in total. The molecule has 1 fully saturated rings. The summed E-state index contributed by atoms with van der Waals surface area (Å²) in [4.78, 5) is 14.0. The van der Waals surface area contributed by atoms with Crippen LogP contribution in [0.15, 0.2) is 18.2 Å². The van der Waals surface area contributed by atoms with E-state index in [1.807, 2.05) is 17.2 Å². The first-order chi connectivity index (χ1) is 8.24. The molecule has 1 aromatic rings. The molecule has 1 saturated heterocycles. The molecule has 2 rings (SSSR count). The summed E-state index contributed by atoms with van der Waals surface area (Å²) in [5.74, 6) is -0.0297. The maximum absolute atomic E-state index is 11.7. The number of piperidine rings is 1. The van der Waals surface area contributed by atoms with E-state index in [-0.39, 0.29) is 5.91 Å². The van der Waals surface area contributed by atoms with Gasteiger partial charge >= 0.3 is 0 Å². The monoisotopic (exact) mass is 250 g/mol. The summed E-state index contributed by atoms with van der Waals surface area (Å²) in [6.45, 7) is 4.01. The standard InChI is InChI=1S/C13H18N2OS/c1-11-5-6-12(17-11)7-8-13(16)14-15-9-3-2-4-10-15/h5-8H,2-4,9-10H2,1H3,(H,14,16)/b8-7+. The minimum Gasteiger partial charge on any atom is -0.285 e. The summed E-state index contributed by atoms with van der Waals surface area (Å²) in [6.07, 6.45) is 7.11. The number of nitrogens with one attached hydrogen (secondary N) is 1. The molecule has 0 bridgehead atoms. The summed E-state index contributed by atoms with van der Waals surface area (Å²) in [6, 6.07) is 4.09. The molecule has 0 radical (unpaired) electrons. The molecule has 1 amide bonds. The zero-order chi connectivity index (χ0) is 12.1. The lowest BCUT2D eigenvalue weighted by atomic mass is 10.2. The van der Waals surface area contributed by atoms with Crippen LogP contribution in [0.1, 0.15) is 29.0 Å². The van der Waals surface area contributed by atoms with Crippen LogP contribution in [0.3, 0.4) is 0 Å². The normalized spacial score (nSPS) is 17.5. The van der Waals surface area contributed by atoms with Gasteiger partial charge in [0.05, 0.1) is 0 Å². The molecular formula is C13H18N2OS. The van der Waals surface area contributed by atoms with Gasteiger partial charge in [-0.1, -0.05) is 6.42 Å². The van der Waals surface area contributed by atoms with E-state index in [4.69, 9.17) is 0 Å². The predicted molar refractivity (Wildman–Crippen MR) is 71.7 cm³/mol. The second-order valence-corrected chi connectivity index (χ2v) is 5.62. The van der Waals surface area contributed by atoms with Crippen molar-refractivity contribution in [3.8, 4) is 0 Å². The van der Waals surface area contributed by atoms with Crippen molar-refractivity contribution >= 4 is 23.3 Å². The number of aryl methyl sites for hydroxylation is 1. The fourth-order valence-electron chi connectivity index (χ4n) is 1.90. The SMILES string of the molecule is Cc1ccc(/C=C/C(=O)NN2CCCCC2)s1. The lowest BCUT2D eigenvalue weighted by Gasteiger charge is -2.26. The largest absolute Gasteiger partial charge is 0.285 e.